The molecule has 3 rings (SSSR count). The van der Waals surface area contributed by atoms with Gasteiger partial charge >= 0.3 is 0 Å². The molecule has 0 aromatic carbocycles. The lowest BCUT2D eigenvalue weighted by Gasteiger charge is -2.31. The van der Waals surface area contributed by atoms with Crippen molar-refractivity contribution in [1.29, 1.82) is 0 Å². The van der Waals surface area contributed by atoms with E-state index >= 15 is 0 Å². The molecule has 24 heavy (non-hydrogen) atoms. The number of hydrogen-bond acceptors (Lipinski definition) is 5. The largest absolute Gasteiger partial charge is 0.353 e. The van der Waals surface area contributed by atoms with Gasteiger partial charge in [0.1, 0.15) is 0 Å². The van der Waals surface area contributed by atoms with Gasteiger partial charge in [-0.1, -0.05) is 0 Å². The standard InChI is InChI=1S/C17H28N4O3/c1-13-12-20(7-6-18-13)17(22)15-11-19-21(14(15)2)8-10-24-16-5-3-4-9-23-16/h11,13,16,18H,3-10,12H2,1-2H3/t13-,16?/m1/s1. The van der Waals surface area contributed by atoms with Crippen molar-refractivity contribution in [2.24, 2.45) is 0 Å². The van der Waals surface area contributed by atoms with Gasteiger partial charge in [-0.15, -0.1) is 0 Å². The maximum absolute atomic E-state index is 12.7. The summed E-state index contributed by atoms with van der Waals surface area (Å²) in [6.45, 7) is 8.34. The number of hydrogen-bond donors (Lipinski definition) is 1. The molecule has 7 nitrogen and oxygen atoms in total. The third kappa shape index (κ3) is 4.15. The predicted molar refractivity (Wildman–Crippen MR) is 89.9 cm³/mol. The van der Waals surface area contributed by atoms with Gasteiger partial charge in [0.05, 0.1) is 24.9 Å². The second-order valence-electron chi connectivity index (χ2n) is 6.64. The smallest absolute Gasteiger partial charge is 0.257 e. The van der Waals surface area contributed by atoms with Gasteiger partial charge in [-0.05, 0) is 33.1 Å². The average Bonchev–Trinajstić information content (AvgIpc) is 2.96. The fourth-order valence-corrected chi connectivity index (χ4v) is 3.28. The monoisotopic (exact) mass is 336 g/mol. The molecule has 2 aliphatic rings. The van der Waals surface area contributed by atoms with E-state index < -0.39 is 0 Å². The van der Waals surface area contributed by atoms with Crippen molar-refractivity contribution in [3.05, 3.63) is 17.5 Å². The molecule has 0 spiro atoms. The molecule has 134 valence electrons. The van der Waals surface area contributed by atoms with Gasteiger partial charge in [0.2, 0.25) is 0 Å². The molecule has 0 saturated carbocycles. The summed E-state index contributed by atoms with van der Waals surface area (Å²) in [5, 5.41) is 7.72. The summed E-state index contributed by atoms with van der Waals surface area (Å²) in [5.74, 6) is 0.0728. The third-order valence-corrected chi connectivity index (χ3v) is 4.73. The summed E-state index contributed by atoms with van der Waals surface area (Å²) in [4.78, 5) is 14.6. The Balaban J connectivity index is 1.53. The maximum atomic E-state index is 12.7. The summed E-state index contributed by atoms with van der Waals surface area (Å²) in [6.07, 6.45) is 4.84. The van der Waals surface area contributed by atoms with Crippen LogP contribution in [0.15, 0.2) is 6.20 Å². The zero-order valence-electron chi connectivity index (χ0n) is 14.7. The lowest BCUT2D eigenvalue weighted by atomic mass is 10.2. The van der Waals surface area contributed by atoms with Crippen molar-refractivity contribution in [2.45, 2.75) is 52.0 Å². The molecule has 1 unspecified atom stereocenters. The van der Waals surface area contributed by atoms with E-state index in [2.05, 4.69) is 17.3 Å². The van der Waals surface area contributed by atoms with Crippen LogP contribution >= 0.6 is 0 Å². The first-order chi connectivity index (χ1) is 11.6. The molecule has 2 saturated heterocycles. The van der Waals surface area contributed by atoms with Crippen LogP contribution in [0.2, 0.25) is 0 Å². The molecule has 0 bridgehead atoms. The van der Waals surface area contributed by atoms with E-state index in [1.807, 2.05) is 16.5 Å². The van der Waals surface area contributed by atoms with Crippen molar-refractivity contribution < 1.29 is 14.3 Å². The molecule has 0 aliphatic carbocycles. The highest BCUT2D eigenvalue weighted by atomic mass is 16.7. The fourth-order valence-electron chi connectivity index (χ4n) is 3.28. The van der Waals surface area contributed by atoms with E-state index in [-0.39, 0.29) is 12.2 Å². The summed E-state index contributed by atoms with van der Waals surface area (Å²) in [5.41, 5.74) is 1.59. The van der Waals surface area contributed by atoms with Gasteiger partial charge in [-0.2, -0.15) is 5.10 Å². The SMILES string of the molecule is Cc1c(C(=O)N2CCN[C@H](C)C2)cnn1CCOC1CCCCO1. The van der Waals surface area contributed by atoms with Crippen molar-refractivity contribution in [3.8, 4) is 0 Å². The van der Waals surface area contributed by atoms with Crippen LogP contribution in [0.5, 0.6) is 0 Å². The minimum Gasteiger partial charge on any atom is -0.353 e. The van der Waals surface area contributed by atoms with Gasteiger partial charge < -0.3 is 19.7 Å². The summed E-state index contributed by atoms with van der Waals surface area (Å²) < 4.78 is 13.2. The number of nitrogens with one attached hydrogen (secondary N) is 1. The Bertz CT molecular complexity index is 554. The molecule has 2 fully saturated rings. The van der Waals surface area contributed by atoms with Gasteiger partial charge in [0, 0.05) is 38.0 Å². The van der Waals surface area contributed by atoms with Crippen molar-refractivity contribution in [1.82, 2.24) is 20.0 Å². The zero-order valence-corrected chi connectivity index (χ0v) is 14.7. The van der Waals surface area contributed by atoms with E-state index in [4.69, 9.17) is 9.47 Å². The Morgan fingerprint density at radius 1 is 1.50 bits per heavy atom. The number of carbonyl (C=O) groups is 1. The van der Waals surface area contributed by atoms with Crippen LogP contribution in [0.4, 0.5) is 0 Å². The van der Waals surface area contributed by atoms with Crippen LogP contribution in [0.3, 0.4) is 0 Å². The van der Waals surface area contributed by atoms with Gasteiger partial charge in [-0.3, -0.25) is 9.48 Å². The number of piperazine rings is 1. The van der Waals surface area contributed by atoms with Crippen LogP contribution in [-0.2, 0) is 16.0 Å². The van der Waals surface area contributed by atoms with Crippen LogP contribution in [-0.4, -0.2) is 65.8 Å². The second kappa shape index (κ2) is 8.09. The predicted octanol–water partition coefficient (Wildman–Crippen LogP) is 1.17. The van der Waals surface area contributed by atoms with Crippen molar-refractivity contribution in [2.75, 3.05) is 32.8 Å². The molecule has 1 N–H and O–H groups in total. The molecule has 2 aliphatic heterocycles. The number of aromatic nitrogens is 2. The summed E-state index contributed by atoms with van der Waals surface area (Å²) in [6, 6.07) is 0.335. The highest BCUT2D eigenvalue weighted by Crippen LogP contribution is 2.15. The zero-order chi connectivity index (χ0) is 16.9. The number of nitrogens with zero attached hydrogens (tertiary/aromatic N) is 3. The molecule has 1 aromatic rings. The van der Waals surface area contributed by atoms with Crippen LogP contribution < -0.4 is 5.32 Å². The molecule has 3 heterocycles. The van der Waals surface area contributed by atoms with Gasteiger partial charge in [-0.25, -0.2) is 0 Å². The van der Waals surface area contributed by atoms with E-state index in [9.17, 15) is 4.79 Å². The quantitative estimate of drug-likeness (QED) is 0.874. The number of amides is 1. The summed E-state index contributed by atoms with van der Waals surface area (Å²) >= 11 is 0. The highest BCUT2D eigenvalue weighted by molar-refractivity contribution is 5.95. The second-order valence-corrected chi connectivity index (χ2v) is 6.64. The molecular weight excluding hydrogens is 308 g/mol. The Labute approximate surface area is 143 Å². The maximum Gasteiger partial charge on any atom is 0.257 e. The minimum absolute atomic E-state index is 0.0728. The van der Waals surface area contributed by atoms with E-state index in [0.717, 1.165) is 51.2 Å². The number of carbonyl (C=O) groups excluding carboxylic acids is 1. The molecule has 0 radical (unpaired) electrons. The lowest BCUT2D eigenvalue weighted by Crippen LogP contribution is -2.51. The first kappa shape index (κ1) is 17.4. The Kier molecular flexibility index (Phi) is 5.86. The van der Waals surface area contributed by atoms with Gasteiger partial charge in [0.15, 0.2) is 6.29 Å². The van der Waals surface area contributed by atoms with E-state index in [1.165, 1.54) is 0 Å². The molecular formula is C17H28N4O3. The average molecular weight is 336 g/mol. The van der Waals surface area contributed by atoms with Crippen molar-refractivity contribution >= 4 is 5.91 Å². The van der Waals surface area contributed by atoms with E-state index in [1.54, 1.807) is 6.20 Å². The van der Waals surface area contributed by atoms with Crippen molar-refractivity contribution in [3.63, 3.8) is 0 Å². The van der Waals surface area contributed by atoms with Gasteiger partial charge in [0.25, 0.3) is 5.91 Å². The molecule has 2 atom stereocenters. The normalized spacial score (nSPS) is 25.0. The Morgan fingerprint density at radius 2 is 2.38 bits per heavy atom. The van der Waals surface area contributed by atoms with Crippen LogP contribution in [0.1, 0.15) is 42.2 Å². The first-order valence-corrected chi connectivity index (χ1v) is 8.93. The molecule has 1 aromatic heterocycles. The fraction of sp³-hybridized carbons (Fsp3) is 0.765. The van der Waals surface area contributed by atoms with Crippen LogP contribution in [0.25, 0.3) is 0 Å². The summed E-state index contributed by atoms with van der Waals surface area (Å²) in [7, 11) is 0. The Hall–Kier alpha value is -1.44. The molecule has 7 heteroatoms. The minimum atomic E-state index is -0.0851. The van der Waals surface area contributed by atoms with E-state index in [0.29, 0.717) is 24.8 Å². The highest BCUT2D eigenvalue weighted by Gasteiger charge is 2.24. The number of rotatable bonds is 5. The first-order valence-electron chi connectivity index (χ1n) is 8.93. The molecule has 1 amide bonds. The topological polar surface area (TPSA) is 68.6 Å². The number of ether oxygens (including phenoxy) is 2. The Morgan fingerprint density at radius 3 is 3.12 bits per heavy atom. The third-order valence-electron chi connectivity index (χ3n) is 4.73. The van der Waals surface area contributed by atoms with Crippen LogP contribution in [0, 0.1) is 6.92 Å². The lowest BCUT2D eigenvalue weighted by molar-refractivity contribution is -0.163.